The fraction of sp³-hybridized carbons (Fsp3) is 0. The second-order valence-corrected chi connectivity index (χ2v) is 6.13. The van der Waals surface area contributed by atoms with Crippen LogP contribution in [0.2, 0.25) is 0 Å². The van der Waals surface area contributed by atoms with Gasteiger partial charge in [0.25, 0.3) is 0 Å². The Bertz CT molecular complexity index is 1030. The van der Waals surface area contributed by atoms with Gasteiger partial charge in [0.2, 0.25) is 0 Å². The Morgan fingerprint density at radius 2 is 1.67 bits per heavy atom. The number of aromatic nitrogens is 1. The molecule has 0 saturated heterocycles. The molecule has 100 valence electrons. The van der Waals surface area contributed by atoms with E-state index in [1.54, 1.807) is 0 Å². The monoisotopic (exact) mass is 335 g/mol. The molecule has 0 radical (unpaired) electrons. The highest BCUT2D eigenvalue weighted by molar-refractivity contribution is 9.10. The van der Waals surface area contributed by atoms with Crippen LogP contribution in [0.5, 0.6) is 11.5 Å². The summed E-state index contributed by atoms with van der Waals surface area (Å²) in [5.41, 5.74) is 3.45. The van der Waals surface area contributed by atoms with Crippen molar-refractivity contribution in [2.24, 2.45) is 0 Å². The number of hydrogen-bond donors (Lipinski definition) is 0. The molecule has 0 bridgehead atoms. The SMILES string of the molecule is Brc1ccc2c(c1)Oc1cccc3c4ccccc4n-2c13. The maximum absolute atomic E-state index is 6.11. The predicted octanol–water partition coefficient (Wildman–Crippen LogP) is 5.65. The number of rotatable bonds is 0. The summed E-state index contributed by atoms with van der Waals surface area (Å²) in [5.74, 6) is 1.79. The first-order chi connectivity index (χ1) is 10.3. The molecule has 0 amide bonds. The Hall–Kier alpha value is -2.26. The molecule has 0 atom stereocenters. The van der Waals surface area contributed by atoms with Gasteiger partial charge in [0.1, 0.15) is 0 Å². The lowest BCUT2D eigenvalue weighted by Gasteiger charge is -2.21. The molecule has 4 aromatic rings. The second-order valence-electron chi connectivity index (χ2n) is 5.22. The lowest BCUT2D eigenvalue weighted by Crippen LogP contribution is -2.03. The average molecular weight is 336 g/mol. The molecule has 0 spiro atoms. The molecule has 0 fully saturated rings. The molecule has 3 aromatic carbocycles. The Kier molecular flexibility index (Phi) is 2.11. The summed E-state index contributed by atoms with van der Waals surface area (Å²) in [5, 5.41) is 2.49. The van der Waals surface area contributed by atoms with Gasteiger partial charge >= 0.3 is 0 Å². The summed E-state index contributed by atoms with van der Waals surface area (Å²) in [6.07, 6.45) is 0. The van der Waals surface area contributed by atoms with E-state index < -0.39 is 0 Å². The van der Waals surface area contributed by atoms with Crippen molar-refractivity contribution in [1.82, 2.24) is 4.57 Å². The average Bonchev–Trinajstić information content (AvgIpc) is 2.84. The van der Waals surface area contributed by atoms with Crippen molar-refractivity contribution in [1.29, 1.82) is 0 Å². The molecular weight excluding hydrogens is 326 g/mol. The molecule has 3 heteroatoms. The van der Waals surface area contributed by atoms with E-state index in [2.05, 4.69) is 69.0 Å². The summed E-state index contributed by atoms with van der Waals surface area (Å²) in [6.45, 7) is 0. The van der Waals surface area contributed by atoms with Crippen LogP contribution in [0.3, 0.4) is 0 Å². The number of hydrogen-bond acceptors (Lipinski definition) is 1. The molecule has 1 aromatic heterocycles. The first-order valence-electron chi connectivity index (χ1n) is 6.83. The zero-order chi connectivity index (χ0) is 14.0. The van der Waals surface area contributed by atoms with E-state index in [0.717, 1.165) is 27.2 Å². The van der Waals surface area contributed by atoms with Crippen LogP contribution in [0, 0.1) is 0 Å². The van der Waals surface area contributed by atoms with Gasteiger partial charge in [-0.25, -0.2) is 0 Å². The van der Waals surface area contributed by atoms with Crippen LogP contribution in [0.25, 0.3) is 27.5 Å². The third-order valence-electron chi connectivity index (χ3n) is 4.04. The van der Waals surface area contributed by atoms with Crippen LogP contribution in [0.4, 0.5) is 0 Å². The summed E-state index contributed by atoms with van der Waals surface area (Å²) in [4.78, 5) is 0. The van der Waals surface area contributed by atoms with Gasteiger partial charge in [-0.05, 0) is 30.3 Å². The molecule has 1 aliphatic rings. The van der Waals surface area contributed by atoms with E-state index in [-0.39, 0.29) is 0 Å². The van der Waals surface area contributed by atoms with Gasteiger partial charge in [0, 0.05) is 15.2 Å². The zero-order valence-corrected chi connectivity index (χ0v) is 12.6. The van der Waals surface area contributed by atoms with Crippen LogP contribution in [-0.2, 0) is 0 Å². The van der Waals surface area contributed by atoms with Crippen LogP contribution in [0.1, 0.15) is 0 Å². The number of ether oxygens (including phenoxy) is 1. The van der Waals surface area contributed by atoms with Gasteiger partial charge in [0.15, 0.2) is 11.5 Å². The molecule has 0 saturated carbocycles. The van der Waals surface area contributed by atoms with Crippen LogP contribution in [-0.4, -0.2) is 4.57 Å². The van der Waals surface area contributed by atoms with Gasteiger partial charge in [0.05, 0.1) is 16.7 Å². The molecule has 1 aliphatic heterocycles. The summed E-state index contributed by atoms with van der Waals surface area (Å²) >= 11 is 3.52. The largest absolute Gasteiger partial charge is 0.453 e. The van der Waals surface area contributed by atoms with E-state index >= 15 is 0 Å². The molecule has 0 aliphatic carbocycles. The number of para-hydroxylation sites is 2. The van der Waals surface area contributed by atoms with Crippen molar-refractivity contribution in [2.45, 2.75) is 0 Å². The standard InChI is InChI=1S/C18H10BrNO/c19-11-8-9-15-17(10-11)21-16-7-3-5-13-12-4-1-2-6-14(12)20(15)18(13)16/h1-10H. The maximum atomic E-state index is 6.11. The van der Waals surface area contributed by atoms with E-state index in [4.69, 9.17) is 4.74 Å². The Labute approximate surface area is 129 Å². The zero-order valence-electron chi connectivity index (χ0n) is 11.0. The fourth-order valence-electron chi connectivity index (χ4n) is 3.19. The fourth-order valence-corrected chi connectivity index (χ4v) is 3.53. The van der Waals surface area contributed by atoms with E-state index in [9.17, 15) is 0 Å². The highest BCUT2D eigenvalue weighted by Crippen LogP contribution is 2.45. The van der Waals surface area contributed by atoms with Crippen molar-refractivity contribution >= 4 is 37.7 Å². The Morgan fingerprint density at radius 3 is 2.62 bits per heavy atom. The topological polar surface area (TPSA) is 14.2 Å². The quantitative estimate of drug-likeness (QED) is 0.356. The van der Waals surface area contributed by atoms with Gasteiger partial charge in [-0.3, -0.25) is 0 Å². The van der Waals surface area contributed by atoms with Gasteiger partial charge in [-0.1, -0.05) is 46.3 Å². The normalized spacial score (nSPS) is 12.4. The van der Waals surface area contributed by atoms with Crippen LogP contribution in [0.15, 0.2) is 65.1 Å². The lowest BCUT2D eigenvalue weighted by atomic mass is 10.1. The highest BCUT2D eigenvalue weighted by atomic mass is 79.9. The Morgan fingerprint density at radius 1 is 0.810 bits per heavy atom. The number of halogens is 1. The highest BCUT2D eigenvalue weighted by Gasteiger charge is 2.23. The van der Waals surface area contributed by atoms with E-state index in [1.165, 1.54) is 16.3 Å². The first kappa shape index (κ1) is 11.4. The smallest absolute Gasteiger partial charge is 0.152 e. The number of fused-ring (bicyclic) bond motifs is 5. The van der Waals surface area contributed by atoms with Crippen molar-refractivity contribution in [3.8, 4) is 17.2 Å². The maximum Gasteiger partial charge on any atom is 0.152 e. The summed E-state index contributed by atoms with van der Waals surface area (Å²) < 4.78 is 9.43. The molecule has 21 heavy (non-hydrogen) atoms. The van der Waals surface area contributed by atoms with Gasteiger partial charge in [-0.15, -0.1) is 0 Å². The molecule has 2 nitrogen and oxygen atoms in total. The third-order valence-corrected chi connectivity index (χ3v) is 4.53. The molecule has 0 unspecified atom stereocenters. The second kappa shape index (κ2) is 3.89. The van der Waals surface area contributed by atoms with Crippen molar-refractivity contribution in [3.05, 3.63) is 65.1 Å². The molecular formula is C18H10BrNO. The minimum absolute atomic E-state index is 0.880. The molecule has 5 rings (SSSR count). The molecule has 0 N–H and O–H groups in total. The first-order valence-corrected chi connectivity index (χ1v) is 7.62. The van der Waals surface area contributed by atoms with Crippen LogP contribution < -0.4 is 4.74 Å². The van der Waals surface area contributed by atoms with Crippen molar-refractivity contribution in [3.63, 3.8) is 0 Å². The van der Waals surface area contributed by atoms with Crippen molar-refractivity contribution < 1.29 is 4.74 Å². The minimum atomic E-state index is 0.880. The number of nitrogens with zero attached hydrogens (tertiary/aromatic N) is 1. The predicted molar refractivity (Wildman–Crippen MR) is 88.6 cm³/mol. The summed E-state index contributed by atoms with van der Waals surface area (Å²) in [7, 11) is 0. The summed E-state index contributed by atoms with van der Waals surface area (Å²) in [6, 6.07) is 20.9. The van der Waals surface area contributed by atoms with E-state index in [0.29, 0.717) is 0 Å². The lowest BCUT2D eigenvalue weighted by molar-refractivity contribution is 0.476. The number of benzene rings is 3. The minimum Gasteiger partial charge on any atom is -0.453 e. The van der Waals surface area contributed by atoms with Crippen LogP contribution >= 0.6 is 15.9 Å². The Balaban J connectivity index is 2.07. The third kappa shape index (κ3) is 1.41. The molecule has 2 heterocycles. The van der Waals surface area contributed by atoms with Gasteiger partial charge in [-0.2, -0.15) is 0 Å². The van der Waals surface area contributed by atoms with Crippen molar-refractivity contribution in [2.75, 3.05) is 0 Å². The van der Waals surface area contributed by atoms with Gasteiger partial charge < -0.3 is 9.30 Å². The van der Waals surface area contributed by atoms with E-state index in [1.807, 2.05) is 12.1 Å².